The Morgan fingerprint density at radius 2 is 2.00 bits per heavy atom. The van der Waals surface area contributed by atoms with Crippen LogP contribution in [0, 0.1) is 0 Å². The summed E-state index contributed by atoms with van der Waals surface area (Å²) in [5.74, 6) is 0. The van der Waals surface area contributed by atoms with E-state index in [2.05, 4.69) is 4.98 Å². The quantitative estimate of drug-likeness (QED) is 0.839. The molecule has 4 nitrogen and oxygen atoms in total. The lowest BCUT2D eigenvalue weighted by Gasteiger charge is -2.29. The largest absolute Gasteiger partial charge is 0.325 e. The van der Waals surface area contributed by atoms with Gasteiger partial charge in [0.05, 0.1) is 12.2 Å². The zero-order valence-corrected chi connectivity index (χ0v) is 11.7. The van der Waals surface area contributed by atoms with Gasteiger partial charge < -0.3 is 9.80 Å². The van der Waals surface area contributed by atoms with E-state index < -0.39 is 0 Å². The van der Waals surface area contributed by atoms with Crippen molar-refractivity contribution in [2.75, 3.05) is 19.6 Å². The van der Waals surface area contributed by atoms with Gasteiger partial charge in [-0.1, -0.05) is 18.9 Å². The number of rotatable bonds is 3. The Morgan fingerprint density at radius 3 is 2.58 bits per heavy atom. The molecule has 1 saturated heterocycles. The van der Waals surface area contributed by atoms with Crippen molar-refractivity contribution in [2.24, 2.45) is 0 Å². The number of aromatic nitrogens is 1. The summed E-state index contributed by atoms with van der Waals surface area (Å²) in [6, 6.07) is 6.00. The molecule has 0 bridgehead atoms. The summed E-state index contributed by atoms with van der Waals surface area (Å²) in [4.78, 5) is 20.7. The third kappa shape index (κ3) is 3.94. The van der Waals surface area contributed by atoms with Crippen molar-refractivity contribution in [3.05, 3.63) is 30.1 Å². The first-order valence-corrected chi connectivity index (χ1v) is 7.25. The highest BCUT2D eigenvalue weighted by atomic mass is 16.2. The molecular formula is C15H23N3O. The van der Waals surface area contributed by atoms with Crippen molar-refractivity contribution in [3.63, 3.8) is 0 Å². The average Bonchev–Trinajstić information content (AvgIpc) is 2.74. The molecule has 19 heavy (non-hydrogen) atoms. The zero-order valence-electron chi connectivity index (χ0n) is 11.7. The van der Waals surface area contributed by atoms with Gasteiger partial charge in [0.15, 0.2) is 0 Å². The van der Waals surface area contributed by atoms with Gasteiger partial charge in [0.25, 0.3) is 0 Å². The van der Waals surface area contributed by atoms with Crippen LogP contribution in [0.15, 0.2) is 24.4 Å². The first kappa shape index (κ1) is 13.8. The monoisotopic (exact) mass is 261 g/mol. The lowest BCUT2D eigenvalue weighted by atomic mass is 10.2. The van der Waals surface area contributed by atoms with E-state index in [0.29, 0.717) is 6.54 Å². The fourth-order valence-electron chi connectivity index (χ4n) is 2.46. The molecule has 0 aliphatic carbocycles. The van der Waals surface area contributed by atoms with Gasteiger partial charge in [-0.3, -0.25) is 4.98 Å². The molecule has 2 heterocycles. The molecule has 1 aliphatic heterocycles. The lowest BCUT2D eigenvalue weighted by Crippen LogP contribution is -2.43. The minimum Gasteiger partial charge on any atom is -0.325 e. The van der Waals surface area contributed by atoms with Crippen molar-refractivity contribution in [1.29, 1.82) is 0 Å². The van der Waals surface area contributed by atoms with Gasteiger partial charge in [0, 0.05) is 25.8 Å². The number of hydrogen-bond donors (Lipinski definition) is 0. The van der Waals surface area contributed by atoms with Crippen LogP contribution in [0.25, 0.3) is 0 Å². The van der Waals surface area contributed by atoms with Crippen LogP contribution in [-0.2, 0) is 6.54 Å². The molecule has 1 aliphatic rings. The molecule has 2 amide bonds. The number of carbonyl (C=O) groups is 1. The molecule has 0 spiro atoms. The fraction of sp³-hybridized carbons (Fsp3) is 0.600. The summed E-state index contributed by atoms with van der Waals surface area (Å²) in [7, 11) is 0. The number of carbonyl (C=O) groups excluding carboxylic acids is 1. The van der Waals surface area contributed by atoms with Gasteiger partial charge in [-0.2, -0.15) is 0 Å². The van der Waals surface area contributed by atoms with Crippen LogP contribution in [0.2, 0.25) is 0 Å². The van der Waals surface area contributed by atoms with Crippen LogP contribution in [0.5, 0.6) is 0 Å². The maximum Gasteiger partial charge on any atom is 0.320 e. The molecule has 4 heteroatoms. The van der Waals surface area contributed by atoms with Crippen molar-refractivity contribution in [1.82, 2.24) is 14.8 Å². The summed E-state index contributed by atoms with van der Waals surface area (Å²) in [6.07, 6.45) is 6.53. The second kappa shape index (κ2) is 7.12. The summed E-state index contributed by atoms with van der Waals surface area (Å²) >= 11 is 0. The van der Waals surface area contributed by atoms with Gasteiger partial charge in [0.2, 0.25) is 0 Å². The third-order valence-corrected chi connectivity index (χ3v) is 3.61. The second-order valence-electron chi connectivity index (χ2n) is 5.02. The first-order chi connectivity index (χ1) is 9.31. The van der Waals surface area contributed by atoms with Gasteiger partial charge in [-0.15, -0.1) is 0 Å². The molecule has 0 aromatic carbocycles. The van der Waals surface area contributed by atoms with E-state index in [0.717, 1.165) is 38.2 Å². The van der Waals surface area contributed by atoms with Crippen molar-refractivity contribution >= 4 is 6.03 Å². The molecule has 1 aromatic heterocycles. The van der Waals surface area contributed by atoms with Gasteiger partial charge in [-0.25, -0.2) is 4.79 Å². The van der Waals surface area contributed by atoms with Crippen LogP contribution < -0.4 is 0 Å². The molecule has 0 N–H and O–H groups in total. The van der Waals surface area contributed by atoms with E-state index in [1.165, 1.54) is 12.8 Å². The van der Waals surface area contributed by atoms with E-state index in [1.54, 1.807) is 6.20 Å². The number of amides is 2. The predicted molar refractivity (Wildman–Crippen MR) is 75.8 cm³/mol. The van der Waals surface area contributed by atoms with Crippen LogP contribution >= 0.6 is 0 Å². The molecular weight excluding hydrogens is 238 g/mol. The second-order valence-corrected chi connectivity index (χ2v) is 5.02. The third-order valence-electron chi connectivity index (χ3n) is 3.61. The van der Waals surface area contributed by atoms with E-state index in [9.17, 15) is 4.79 Å². The Morgan fingerprint density at radius 1 is 1.26 bits per heavy atom. The zero-order chi connectivity index (χ0) is 13.5. The van der Waals surface area contributed by atoms with Crippen molar-refractivity contribution < 1.29 is 4.79 Å². The molecule has 0 unspecified atom stereocenters. The van der Waals surface area contributed by atoms with E-state index in [4.69, 9.17) is 0 Å². The average molecular weight is 261 g/mol. The Balaban J connectivity index is 1.98. The van der Waals surface area contributed by atoms with E-state index >= 15 is 0 Å². The smallest absolute Gasteiger partial charge is 0.320 e. The van der Waals surface area contributed by atoms with Gasteiger partial charge in [-0.05, 0) is 31.9 Å². The molecule has 2 rings (SSSR count). The lowest BCUT2D eigenvalue weighted by molar-refractivity contribution is 0.153. The molecule has 1 fully saturated rings. The normalized spacial score (nSPS) is 15.9. The number of likely N-dealkylation sites (tertiary alicyclic amines) is 1. The molecule has 0 radical (unpaired) electrons. The summed E-state index contributed by atoms with van der Waals surface area (Å²) in [6.45, 7) is 5.16. The highest BCUT2D eigenvalue weighted by Crippen LogP contribution is 2.13. The minimum atomic E-state index is 0.162. The minimum absolute atomic E-state index is 0.162. The highest BCUT2D eigenvalue weighted by Gasteiger charge is 2.20. The van der Waals surface area contributed by atoms with Crippen LogP contribution in [0.3, 0.4) is 0 Å². The van der Waals surface area contributed by atoms with Crippen LogP contribution in [0.1, 0.15) is 38.3 Å². The fourth-order valence-corrected chi connectivity index (χ4v) is 2.46. The topological polar surface area (TPSA) is 36.4 Å². The number of hydrogen-bond acceptors (Lipinski definition) is 2. The highest BCUT2D eigenvalue weighted by molar-refractivity contribution is 5.74. The maximum absolute atomic E-state index is 12.5. The summed E-state index contributed by atoms with van der Waals surface area (Å²) in [5, 5.41) is 0. The predicted octanol–water partition coefficient (Wildman–Crippen LogP) is 2.90. The summed E-state index contributed by atoms with van der Waals surface area (Å²) < 4.78 is 0. The molecule has 0 saturated carbocycles. The standard InChI is InChI=1S/C15H23N3O/c1-2-17(13-14-9-5-6-10-16-14)15(19)18-11-7-3-4-8-12-18/h5-6,9-10H,2-4,7-8,11-13H2,1H3. The summed E-state index contributed by atoms with van der Waals surface area (Å²) in [5.41, 5.74) is 0.951. The van der Waals surface area contributed by atoms with Crippen molar-refractivity contribution in [3.8, 4) is 0 Å². The maximum atomic E-state index is 12.5. The Bertz CT molecular complexity index is 386. The van der Waals surface area contributed by atoms with Crippen molar-refractivity contribution in [2.45, 2.75) is 39.2 Å². The molecule has 104 valence electrons. The number of urea groups is 1. The van der Waals surface area contributed by atoms with Crippen LogP contribution in [0.4, 0.5) is 4.79 Å². The Hall–Kier alpha value is -1.58. The molecule has 1 aromatic rings. The number of pyridine rings is 1. The Labute approximate surface area is 115 Å². The Kier molecular flexibility index (Phi) is 5.19. The van der Waals surface area contributed by atoms with Gasteiger partial charge >= 0.3 is 6.03 Å². The van der Waals surface area contributed by atoms with Gasteiger partial charge in [0.1, 0.15) is 0 Å². The molecule has 0 atom stereocenters. The first-order valence-electron chi connectivity index (χ1n) is 7.25. The number of nitrogens with zero attached hydrogens (tertiary/aromatic N) is 3. The van der Waals surface area contributed by atoms with E-state index in [1.807, 2.05) is 34.9 Å². The van der Waals surface area contributed by atoms with Crippen LogP contribution in [-0.4, -0.2) is 40.4 Å². The SMILES string of the molecule is CCN(Cc1ccccn1)C(=O)N1CCCCCC1. The van der Waals surface area contributed by atoms with E-state index in [-0.39, 0.29) is 6.03 Å².